The van der Waals surface area contributed by atoms with Gasteiger partial charge in [0.15, 0.2) is 0 Å². The standard InChI is InChI=1S/C18H22N2O3S/c21-12-18(23)20-10-8-19(9-11-20)17(22)7-3-4-14-13-24-16-6-2-1-5-15(14)16/h1-2,5-6,13,21H,3-4,7-12H2. The Morgan fingerprint density at radius 2 is 1.71 bits per heavy atom. The number of piperazine rings is 1. The molecule has 3 rings (SSSR count). The van der Waals surface area contributed by atoms with Gasteiger partial charge in [-0.3, -0.25) is 9.59 Å². The molecule has 1 N–H and O–H groups in total. The second-order valence-electron chi connectivity index (χ2n) is 6.03. The van der Waals surface area contributed by atoms with Gasteiger partial charge < -0.3 is 14.9 Å². The summed E-state index contributed by atoms with van der Waals surface area (Å²) in [5.41, 5.74) is 1.32. The fourth-order valence-electron chi connectivity index (χ4n) is 3.12. The van der Waals surface area contributed by atoms with Gasteiger partial charge in [0.1, 0.15) is 6.61 Å². The Balaban J connectivity index is 1.46. The number of aliphatic hydroxyl groups is 1. The van der Waals surface area contributed by atoms with Crippen molar-refractivity contribution < 1.29 is 14.7 Å². The summed E-state index contributed by atoms with van der Waals surface area (Å²) in [6.07, 6.45) is 2.30. The van der Waals surface area contributed by atoms with Crippen LogP contribution in [0, 0.1) is 0 Å². The number of aliphatic hydroxyl groups excluding tert-OH is 1. The lowest BCUT2D eigenvalue weighted by atomic mass is 10.1. The molecule has 0 aliphatic carbocycles. The van der Waals surface area contributed by atoms with Gasteiger partial charge in [-0.15, -0.1) is 11.3 Å². The molecular weight excluding hydrogens is 324 g/mol. The third kappa shape index (κ3) is 3.76. The SMILES string of the molecule is O=C(CO)N1CCN(C(=O)CCCc2csc3ccccc23)CC1. The number of hydrogen-bond donors (Lipinski definition) is 1. The Bertz CT molecular complexity index is 720. The van der Waals surface area contributed by atoms with Gasteiger partial charge in [0, 0.05) is 37.3 Å². The van der Waals surface area contributed by atoms with Crippen LogP contribution in [0.1, 0.15) is 18.4 Å². The van der Waals surface area contributed by atoms with Crippen molar-refractivity contribution in [2.75, 3.05) is 32.8 Å². The highest BCUT2D eigenvalue weighted by Crippen LogP contribution is 2.26. The van der Waals surface area contributed by atoms with E-state index in [1.165, 1.54) is 15.6 Å². The van der Waals surface area contributed by atoms with E-state index in [2.05, 4.69) is 23.6 Å². The van der Waals surface area contributed by atoms with Crippen LogP contribution >= 0.6 is 11.3 Å². The van der Waals surface area contributed by atoms with E-state index in [0.29, 0.717) is 32.6 Å². The van der Waals surface area contributed by atoms with Crippen LogP contribution < -0.4 is 0 Å². The molecule has 1 aromatic carbocycles. The zero-order chi connectivity index (χ0) is 16.9. The van der Waals surface area contributed by atoms with E-state index in [0.717, 1.165) is 12.8 Å². The maximum absolute atomic E-state index is 12.3. The Morgan fingerprint density at radius 3 is 2.42 bits per heavy atom. The molecule has 1 saturated heterocycles. The maximum Gasteiger partial charge on any atom is 0.248 e. The van der Waals surface area contributed by atoms with Gasteiger partial charge in [0.2, 0.25) is 11.8 Å². The van der Waals surface area contributed by atoms with Crippen LogP contribution in [0.15, 0.2) is 29.6 Å². The van der Waals surface area contributed by atoms with Gasteiger partial charge in [0.05, 0.1) is 0 Å². The van der Waals surface area contributed by atoms with E-state index in [9.17, 15) is 9.59 Å². The van der Waals surface area contributed by atoms with Gasteiger partial charge in [-0.25, -0.2) is 0 Å². The minimum atomic E-state index is -0.456. The molecular formula is C18H22N2O3S. The quantitative estimate of drug-likeness (QED) is 0.899. The minimum absolute atomic E-state index is 0.158. The molecule has 0 unspecified atom stereocenters. The number of benzene rings is 1. The van der Waals surface area contributed by atoms with Crippen molar-refractivity contribution in [3.8, 4) is 0 Å². The number of hydrogen-bond acceptors (Lipinski definition) is 4. The smallest absolute Gasteiger partial charge is 0.248 e. The largest absolute Gasteiger partial charge is 0.387 e. The third-order valence-corrected chi connectivity index (χ3v) is 5.53. The van der Waals surface area contributed by atoms with Crippen LogP contribution in [0.2, 0.25) is 0 Å². The Hall–Kier alpha value is -1.92. The predicted molar refractivity (Wildman–Crippen MR) is 95.0 cm³/mol. The first-order valence-electron chi connectivity index (χ1n) is 8.30. The number of fused-ring (bicyclic) bond motifs is 1. The molecule has 128 valence electrons. The topological polar surface area (TPSA) is 60.9 Å². The van der Waals surface area contributed by atoms with Crippen LogP contribution in [0.3, 0.4) is 0 Å². The third-order valence-electron chi connectivity index (χ3n) is 4.52. The molecule has 2 amide bonds. The van der Waals surface area contributed by atoms with E-state index in [-0.39, 0.29) is 11.8 Å². The highest BCUT2D eigenvalue weighted by molar-refractivity contribution is 7.17. The number of nitrogens with zero attached hydrogens (tertiary/aromatic N) is 2. The molecule has 2 aromatic rings. The fraction of sp³-hybridized carbons (Fsp3) is 0.444. The molecule has 1 aliphatic rings. The minimum Gasteiger partial charge on any atom is -0.387 e. The van der Waals surface area contributed by atoms with Crippen LogP contribution in [0.5, 0.6) is 0 Å². The van der Waals surface area contributed by atoms with Crippen molar-refractivity contribution in [3.63, 3.8) is 0 Å². The van der Waals surface area contributed by atoms with Crippen LogP contribution in [0.25, 0.3) is 10.1 Å². The lowest BCUT2D eigenvalue weighted by molar-refractivity contribution is -0.141. The van der Waals surface area contributed by atoms with Crippen molar-refractivity contribution >= 4 is 33.2 Å². The molecule has 0 bridgehead atoms. The number of thiophene rings is 1. The van der Waals surface area contributed by atoms with Crippen LogP contribution in [-0.2, 0) is 16.0 Å². The van der Waals surface area contributed by atoms with Crippen molar-refractivity contribution in [2.24, 2.45) is 0 Å². The first-order valence-corrected chi connectivity index (χ1v) is 9.18. The Morgan fingerprint density at radius 1 is 1.04 bits per heavy atom. The van der Waals surface area contributed by atoms with Crippen molar-refractivity contribution in [1.82, 2.24) is 9.80 Å². The second-order valence-corrected chi connectivity index (χ2v) is 6.94. The monoisotopic (exact) mass is 346 g/mol. The summed E-state index contributed by atoms with van der Waals surface area (Å²) < 4.78 is 1.29. The van der Waals surface area contributed by atoms with Crippen LogP contribution in [0.4, 0.5) is 0 Å². The first-order chi connectivity index (χ1) is 11.7. The molecule has 6 heteroatoms. The Kier molecular flexibility index (Phi) is 5.48. The average molecular weight is 346 g/mol. The van der Waals surface area contributed by atoms with Crippen molar-refractivity contribution in [1.29, 1.82) is 0 Å². The summed E-state index contributed by atoms with van der Waals surface area (Å²) in [5.74, 6) is -0.0999. The van der Waals surface area contributed by atoms with Crippen molar-refractivity contribution in [2.45, 2.75) is 19.3 Å². The summed E-state index contributed by atoms with van der Waals surface area (Å²) in [6, 6.07) is 8.37. The maximum atomic E-state index is 12.3. The lowest BCUT2D eigenvalue weighted by Gasteiger charge is -2.34. The highest BCUT2D eigenvalue weighted by Gasteiger charge is 2.23. The highest BCUT2D eigenvalue weighted by atomic mass is 32.1. The van der Waals surface area contributed by atoms with E-state index in [1.54, 1.807) is 16.2 Å². The summed E-state index contributed by atoms with van der Waals surface area (Å²) in [7, 11) is 0. The number of carbonyl (C=O) groups excluding carboxylic acids is 2. The van der Waals surface area contributed by atoms with Gasteiger partial charge >= 0.3 is 0 Å². The molecule has 1 fully saturated rings. The molecule has 1 aromatic heterocycles. The van der Waals surface area contributed by atoms with Gasteiger partial charge in [-0.1, -0.05) is 18.2 Å². The molecule has 0 saturated carbocycles. The van der Waals surface area contributed by atoms with E-state index < -0.39 is 6.61 Å². The zero-order valence-electron chi connectivity index (χ0n) is 13.6. The summed E-state index contributed by atoms with van der Waals surface area (Å²) >= 11 is 1.75. The number of rotatable bonds is 5. The summed E-state index contributed by atoms with van der Waals surface area (Å²) in [4.78, 5) is 27.2. The molecule has 0 radical (unpaired) electrons. The average Bonchev–Trinajstić information content (AvgIpc) is 3.04. The summed E-state index contributed by atoms with van der Waals surface area (Å²) in [5, 5.41) is 12.4. The lowest BCUT2D eigenvalue weighted by Crippen LogP contribution is -2.51. The number of amides is 2. The Labute approximate surface area is 145 Å². The molecule has 0 atom stereocenters. The van der Waals surface area contributed by atoms with Gasteiger partial charge in [-0.05, 0) is 35.2 Å². The number of carbonyl (C=O) groups is 2. The van der Waals surface area contributed by atoms with Crippen molar-refractivity contribution in [3.05, 3.63) is 35.2 Å². The number of aryl methyl sites for hydroxylation is 1. The van der Waals surface area contributed by atoms with E-state index in [1.807, 2.05) is 11.0 Å². The van der Waals surface area contributed by atoms with E-state index >= 15 is 0 Å². The van der Waals surface area contributed by atoms with E-state index in [4.69, 9.17) is 5.11 Å². The molecule has 24 heavy (non-hydrogen) atoms. The molecule has 5 nitrogen and oxygen atoms in total. The normalized spacial score (nSPS) is 15.0. The first kappa shape index (κ1) is 16.9. The summed E-state index contributed by atoms with van der Waals surface area (Å²) in [6.45, 7) is 1.70. The van der Waals surface area contributed by atoms with Gasteiger partial charge in [0.25, 0.3) is 0 Å². The molecule has 1 aliphatic heterocycles. The predicted octanol–water partition coefficient (Wildman–Crippen LogP) is 1.89. The molecule has 0 spiro atoms. The fourth-order valence-corrected chi connectivity index (χ4v) is 4.12. The molecule has 2 heterocycles. The van der Waals surface area contributed by atoms with Crippen LogP contribution in [-0.4, -0.2) is 59.5 Å². The van der Waals surface area contributed by atoms with Gasteiger partial charge in [-0.2, -0.15) is 0 Å². The zero-order valence-corrected chi connectivity index (χ0v) is 14.4. The second kappa shape index (κ2) is 7.77.